The highest BCUT2D eigenvalue weighted by Gasteiger charge is 2.25. The van der Waals surface area contributed by atoms with E-state index in [0.29, 0.717) is 24.4 Å². The second-order valence-electron chi connectivity index (χ2n) is 6.43. The summed E-state index contributed by atoms with van der Waals surface area (Å²) >= 11 is 0. The number of aromatic nitrogens is 2. The summed E-state index contributed by atoms with van der Waals surface area (Å²) in [6.45, 7) is 0.693. The maximum absolute atomic E-state index is 13.0. The van der Waals surface area contributed by atoms with Gasteiger partial charge in [0.05, 0.1) is 30.6 Å². The molecule has 0 aromatic carbocycles. The highest BCUT2D eigenvalue weighted by atomic mass is 16.4. The first kappa shape index (κ1) is 16.4. The van der Waals surface area contributed by atoms with Crippen molar-refractivity contribution in [3.63, 3.8) is 0 Å². The third-order valence-corrected chi connectivity index (χ3v) is 4.70. The second-order valence-corrected chi connectivity index (χ2v) is 6.43. The average Bonchev–Trinajstić information content (AvgIpc) is 3.36. The summed E-state index contributed by atoms with van der Waals surface area (Å²) in [5.74, 6) is 0.450. The van der Waals surface area contributed by atoms with E-state index in [-0.39, 0.29) is 5.91 Å². The fourth-order valence-corrected chi connectivity index (χ4v) is 3.46. The van der Waals surface area contributed by atoms with Crippen LogP contribution < -0.4 is 5.63 Å². The molecule has 0 saturated heterocycles. The SMILES string of the molecule is Cn1nc(CN(Cc2ccco2)C(=O)c2ccc(=O)oc2)c2c1CCC2. The van der Waals surface area contributed by atoms with Gasteiger partial charge < -0.3 is 13.7 Å². The summed E-state index contributed by atoms with van der Waals surface area (Å²) in [6.07, 6.45) is 5.90. The van der Waals surface area contributed by atoms with Crippen LogP contribution in [0.4, 0.5) is 0 Å². The van der Waals surface area contributed by atoms with E-state index in [0.717, 1.165) is 25.0 Å². The summed E-state index contributed by atoms with van der Waals surface area (Å²) < 4.78 is 12.2. The molecule has 0 saturated carbocycles. The van der Waals surface area contributed by atoms with Crippen LogP contribution in [0.1, 0.15) is 39.5 Å². The molecular weight excluding hydrogens is 334 g/mol. The molecule has 0 bridgehead atoms. The van der Waals surface area contributed by atoms with Gasteiger partial charge in [-0.05, 0) is 43.0 Å². The number of aryl methyl sites for hydroxylation is 1. The van der Waals surface area contributed by atoms with E-state index < -0.39 is 5.63 Å². The van der Waals surface area contributed by atoms with Crippen molar-refractivity contribution in [2.75, 3.05) is 0 Å². The van der Waals surface area contributed by atoms with Gasteiger partial charge in [0.1, 0.15) is 12.0 Å². The van der Waals surface area contributed by atoms with Crippen LogP contribution in [-0.4, -0.2) is 20.6 Å². The predicted octanol–water partition coefficient (Wildman–Crippen LogP) is 2.30. The van der Waals surface area contributed by atoms with Gasteiger partial charge in [-0.3, -0.25) is 9.48 Å². The molecule has 1 aliphatic carbocycles. The Bertz CT molecular complexity index is 964. The van der Waals surface area contributed by atoms with Crippen molar-refractivity contribution in [3.8, 4) is 0 Å². The molecule has 1 amide bonds. The fourth-order valence-electron chi connectivity index (χ4n) is 3.46. The second kappa shape index (κ2) is 6.67. The smallest absolute Gasteiger partial charge is 0.335 e. The zero-order chi connectivity index (χ0) is 18.1. The van der Waals surface area contributed by atoms with Gasteiger partial charge in [0.15, 0.2) is 0 Å². The van der Waals surface area contributed by atoms with Crippen LogP contribution in [0.2, 0.25) is 0 Å². The molecule has 0 spiro atoms. The number of carbonyl (C=O) groups excluding carboxylic acids is 1. The Morgan fingerprint density at radius 3 is 2.85 bits per heavy atom. The lowest BCUT2D eigenvalue weighted by molar-refractivity contribution is 0.0712. The molecule has 0 unspecified atom stereocenters. The molecule has 7 heteroatoms. The molecule has 3 heterocycles. The molecule has 7 nitrogen and oxygen atoms in total. The number of rotatable bonds is 5. The Labute approximate surface area is 149 Å². The number of fused-ring (bicyclic) bond motifs is 1. The largest absolute Gasteiger partial charge is 0.467 e. The normalized spacial score (nSPS) is 13.0. The summed E-state index contributed by atoms with van der Waals surface area (Å²) in [7, 11) is 1.94. The Hall–Kier alpha value is -3.09. The minimum Gasteiger partial charge on any atom is -0.467 e. The third-order valence-electron chi connectivity index (χ3n) is 4.70. The topological polar surface area (TPSA) is 81.5 Å². The number of carbonyl (C=O) groups is 1. The van der Waals surface area contributed by atoms with Crippen molar-refractivity contribution in [2.45, 2.75) is 32.4 Å². The van der Waals surface area contributed by atoms with Gasteiger partial charge in [-0.15, -0.1) is 0 Å². The third kappa shape index (κ3) is 3.08. The lowest BCUT2D eigenvalue weighted by atomic mass is 10.1. The summed E-state index contributed by atoms with van der Waals surface area (Å²) in [4.78, 5) is 25.8. The average molecular weight is 353 g/mol. The van der Waals surface area contributed by atoms with E-state index in [1.165, 1.54) is 29.7 Å². The van der Waals surface area contributed by atoms with E-state index >= 15 is 0 Å². The van der Waals surface area contributed by atoms with Gasteiger partial charge in [0.2, 0.25) is 0 Å². The molecular formula is C19H19N3O4. The number of furan rings is 1. The molecule has 0 N–H and O–H groups in total. The van der Waals surface area contributed by atoms with E-state index in [4.69, 9.17) is 8.83 Å². The van der Waals surface area contributed by atoms with Crippen LogP contribution in [0.25, 0.3) is 0 Å². The first-order chi connectivity index (χ1) is 12.6. The highest BCUT2D eigenvalue weighted by molar-refractivity contribution is 5.93. The minimum atomic E-state index is -0.485. The molecule has 0 radical (unpaired) electrons. The first-order valence-corrected chi connectivity index (χ1v) is 8.56. The molecule has 26 heavy (non-hydrogen) atoms. The molecule has 3 aromatic rings. The monoisotopic (exact) mass is 353 g/mol. The van der Waals surface area contributed by atoms with Crippen LogP contribution in [0, 0.1) is 0 Å². The molecule has 1 aliphatic rings. The molecule has 134 valence electrons. The maximum Gasteiger partial charge on any atom is 0.335 e. The van der Waals surface area contributed by atoms with E-state index in [1.54, 1.807) is 17.2 Å². The summed E-state index contributed by atoms with van der Waals surface area (Å²) in [6, 6.07) is 6.34. The van der Waals surface area contributed by atoms with Crippen molar-refractivity contribution in [2.24, 2.45) is 7.05 Å². The van der Waals surface area contributed by atoms with Gasteiger partial charge in [-0.25, -0.2) is 4.79 Å². The quantitative estimate of drug-likeness (QED) is 0.703. The maximum atomic E-state index is 13.0. The Morgan fingerprint density at radius 1 is 1.23 bits per heavy atom. The number of hydrogen-bond acceptors (Lipinski definition) is 5. The van der Waals surface area contributed by atoms with E-state index in [9.17, 15) is 9.59 Å². The van der Waals surface area contributed by atoms with E-state index in [2.05, 4.69) is 5.10 Å². The molecule has 0 atom stereocenters. The molecule has 3 aromatic heterocycles. The standard InChI is InChI=1S/C19H19N3O4/c1-21-17-6-2-5-15(17)16(20-21)11-22(10-14-4-3-9-25-14)19(24)13-7-8-18(23)26-12-13/h3-4,7-9,12H,2,5-6,10-11H2,1H3. The van der Waals surface area contributed by atoms with Crippen molar-refractivity contribution >= 4 is 5.91 Å². The predicted molar refractivity (Wildman–Crippen MR) is 92.5 cm³/mol. The number of nitrogens with zero attached hydrogens (tertiary/aromatic N) is 3. The highest BCUT2D eigenvalue weighted by Crippen LogP contribution is 2.26. The first-order valence-electron chi connectivity index (χ1n) is 8.56. The molecule has 0 aliphatic heterocycles. The molecule has 4 rings (SSSR count). The zero-order valence-corrected chi connectivity index (χ0v) is 14.5. The van der Waals surface area contributed by atoms with Crippen LogP contribution in [0.3, 0.4) is 0 Å². The summed E-state index contributed by atoms with van der Waals surface area (Å²) in [5, 5.41) is 4.61. The summed E-state index contributed by atoms with van der Waals surface area (Å²) in [5.41, 5.74) is 3.24. The zero-order valence-electron chi connectivity index (χ0n) is 14.5. The number of hydrogen-bond donors (Lipinski definition) is 0. The minimum absolute atomic E-state index is 0.234. The Morgan fingerprint density at radius 2 is 2.12 bits per heavy atom. The fraction of sp³-hybridized carbons (Fsp3) is 0.316. The van der Waals surface area contributed by atoms with Crippen LogP contribution in [0.15, 0.2) is 50.4 Å². The van der Waals surface area contributed by atoms with E-state index in [1.807, 2.05) is 17.8 Å². The Kier molecular flexibility index (Phi) is 4.20. The van der Waals surface area contributed by atoms with Crippen molar-refractivity contribution in [1.82, 2.24) is 14.7 Å². The van der Waals surface area contributed by atoms with Crippen LogP contribution in [-0.2, 0) is 33.0 Å². The van der Waals surface area contributed by atoms with Gasteiger partial charge >= 0.3 is 5.63 Å². The Balaban J connectivity index is 1.64. The molecule has 0 fully saturated rings. The van der Waals surface area contributed by atoms with Gasteiger partial charge in [-0.2, -0.15) is 5.10 Å². The van der Waals surface area contributed by atoms with Gasteiger partial charge in [0, 0.05) is 18.8 Å². The number of amides is 1. The lowest BCUT2D eigenvalue weighted by Gasteiger charge is -2.21. The van der Waals surface area contributed by atoms with Crippen LogP contribution in [0.5, 0.6) is 0 Å². The lowest BCUT2D eigenvalue weighted by Crippen LogP contribution is -2.30. The van der Waals surface area contributed by atoms with Gasteiger partial charge in [-0.1, -0.05) is 0 Å². The van der Waals surface area contributed by atoms with Crippen molar-refractivity contribution in [1.29, 1.82) is 0 Å². The van der Waals surface area contributed by atoms with Crippen LogP contribution >= 0.6 is 0 Å². The van der Waals surface area contributed by atoms with Gasteiger partial charge in [0.25, 0.3) is 5.91 Å². The van der Waals surface area contributed by atoms with Crippen molar-refractivity contribution in [3.05, 3.63) is 75.5 Å². The van der Waals surface area contributed by atoms with Crippen molar-refractivity contribution < 1.29 is 13.6 Å².